The summed E-state index contributed by atoms with van der Waals surface area (Å²) in [5, 5.41) is 5.30. The molecule has 0 bridgehead atoms. The minimum absolute atomic E-state index is 0. The first-order valence-corrected chi connectivity index (χ1v) is 8.72. The zero-order chi connectivity index (χ0) is 15.4. The Morgan fingerprint density at radius 1 is 1.00 bits per heavy atom. The van der Waals surface area contributed by atoms with Gasteiger partial charge in [0.25, 0.3) is 0 Å². The van der Waals surface area contributed by atoms with Crippen LogP contribution in [0.15, 0.2) is 12.1 Å². The Labute approximate surface area is 167 Å². The number of hydrogen-bond donors (Lipinski definition) is 1. The van der Waals surface area contributed by atoms with E-state index in [0.717, 1.165) is 49.6 Å². The Hall–Kier alpha value is 0.590. The van der Waals surface area contributed by atoms with Gasteiger partial charge in [0, 0.05) is 42.8 Å². The summed E-state index contributed by atoms with van der Waals surface area (Å²) >= 11 is 19.1. The van der Waals surface area contributed by atoms with E-state index in [0.29, 0.717) is 16.0 Å². The van der Waals surface area contributed by atoms with E-state index in [1.807, 2.05) is 6.07 Å². The average Bonchev–Trinajstić information content (AvgIpc) is 2.47. The molecule has 0 aromatic heterocycles. The van der Waals surface area contributed by atoms with E-state index >= 15 is 0 Å². The fraction of sp³-hybridized carbons (Fsp3) is 0.625. The third-order valence-electron chi connectivity index (χ3n) is 4.02. The molecule has 2 nitrogen and oxygen atoms in total. The first-order chi connectivity index (χ1) is 10.0. The lowest BCUT2D eigenvalue weighted by molar-refractivity contribution is 0.160. The zero-order valence-corrected chi connectivity index (χ0v) is 17.4. The van der Waals surface area contributed by atoms with Gasteiger partial charge < -0.3 is 5.32 Å². The third kappa shape index (κ3) is 6.43. The van der Waals surface area contributed by atoms with Crippen LogP contribution in [0.5, 0.6) is 0 Å². The summed E-state index contributed by atoms with van der Waals surface area (Å²) in [6.45, 7) is 8.54. The van der Waals surface area contributed by atoms with Gasteiger partial charge in [-0.1, -0.05) is 48.7 Å². The first-order valence-electron chi connectivity index (χ1n) is 7.59. The standard InChI is InChI=1S/C16H23Cl3N2.2ClH/c1-11(2)3-6-14(21-9-7-20-8-10-21)15-12(17)4-5-13(18)16(15)19;;/h4-5,11,14,20H,3,6-10H2,1-2H3;2*1H/t14-;;/m0../s1. The highest BCUT2D eigenvalue weighted by molar-refractivity contribution is 6.44. The van der Waals surface area contributed by atoms with Crippen molar-refractivity contribution in [1.82, 2.24) is 10.2 Å². The van der Waals surface area contributed by atoms with Crippen molar-refractivity contribution in [2.45, 2.75) is 32.7 Å². The highest BCUT2D eigenvalue weighted by atomic mass is 35.5. The lowest BCUT2D eigenvalue weighted by Crippen LogP contribution is -2.45. The van der Waals surface area contributed by atoms with Crippen LogP contribution in [0.2, 0.25) is 15.1 Å². The van der Waals surface area contributed by atoms with Crippen molar-refractivity contribution in [2.24, 2.45) is 5.92 Å². The van der Waals surface area contributed by atoms with Gasteiger partial charge in [0.15, 0.2) is 0 Å². The van der Waals surface area contributed by atoms with Crippen LogP contribution in [0.4, 0.5) is 0 Å². The fourth-order valence-electron chi connectivity index (χ4n) is 2.84. The Balaban J connectivity index is 0.00000242. The van der Waals surface area contributed by atoms with Crippen molar-refractivity contribution in [3.8, 4) is 0 Å². The molecule has 1 aromatic rings. The van der Waals surface area contributed by atoms with E-state index in [-0.39, 0.29) is 30.9 Å². The molecular formula is C16H25Cl5N2. The van der Waals surface area contributed by atoms with Gasteiger partial charge in [-0.05, 0) is 30.9 Å². The second-order valence-electron chi connectivity index (χ2n) is 6.03. The van der Waals surface area contributed by atoms with Crippen molar-refractivity contribution in [3.05, 3.63) is 32.8 Å². The minimum Gasteiger partial charge on any atom is -0.314 e. The van der Waals surface area contributed by atoms with Crippen molar-refractivity contribution in [3.63, 3.8) is 0 Å². The van der Waals surface area contributed by atoms with Crippen LogP contribution < -0.4 is 5.32 Å². The fourth-order valence-corrected chi connectivity index (χ4v) is 3.63. The minimum atomic E-state index is 0. The molecule has 1 aliphatic rings. The van der Waals surface area contributed by atoms with Crippen LogP contribution in [-0.4, -0.2) is 31.1 Å². The summed E-state index contributed by atoms with van der Waals surface area (Å²) in [6, 6.07) is 3.87. The molecule has 1 N–H and O–H groups in total. The van der Waals surface area contributed by atoms with Crippen molar-refractivity contribution in [2.75, 3.05) is 26.2 Å². The third-order valence-corrected chi connectivity index (χ3v) is 5.17. The number of hydrogen-bond acceptors (Lipinski definition) is 2. The number of rotatable bonds is 5. The van der Waals surface area contributed by atoms with Crippen molar-refractivity contribution < 1.29 is 0 Å². The maximum absolute atomic E-state index is 6.47. The number of nitrogens with one attached hydrogen (secondary N) is 1. The van der Waals surface area contributed by atoms with Gasteiger partial charge in [0.2, 0.25) is 0 Å². The molecule has 0 saturated carbocycles. The average molecular weight is 423 g/mol. The lowest BCUT2D eigenvalue weighted by Gasteiger charge is -2.36. The Morgan fingerprint density at radius 2 is 1.57 bits per heavy atom. The van der Waals surface area contributed by atoms with Crippen molar-refractivity contribution in [1.29, 1.82) is 0 Å². The Bertz CT molecular complexity index is 476. The molecule has 0 amide bonds. The van der Waals surface area contributed by atoms with Crippen LogP contribution >= 0.6 is 59.6 Å². The summed E-state index contributed by atoms with van der Waals surface area (Å²) in [4.78, 5) is 2.47. The molecule has 23 heavy (non-hydrogen) atoms. The second-order valence-corrected chi connectivity index (χ2v) is 7.22. The van der Waals surface area contributed by atoms with Crippen LogP contribution in [0, 0.1) is 5.92 Å². The molecule has 1 aliphatic heterocycles. The molecule has 0 unspecified atom stereocenters. The number of halogens is 5. The van der Waals surface area contributed by atoms with Gasteiger partial charge in [0.05, 0.1) is 10.0 Å². The molecule has 2 rings (SSSR count). The predicted molar refractivity (Wildman–Crippen MR) is 107 cm³/mol. The second kappa shape index (κ2) is 11.3. The van der Waals surface area contributed by atoms with Gasteiger partial charge in [-0.2, -0.15) is 0 Å². The molecule has 134 valence electrons. The largest absolute Gasteiger partial charge is 0.314 e. The quantitative estimate of drug-likeness (QED) is 0.597. The van der Waals surface area contributed by atoms with E-state index in [1.54, 1.807) is 6.07 Å². The van der Waals surface area contributed by atoms with Gasteiger partial charge in [-0.25, -0.2) is 0 Å². The molecule has 0 aliphatic carbocycles. The normalized spacial score (nSPS) is 16.6. The summed E-state index contributed by atoms with van der Waals surface area (Å²) < 4.78 is 0. The number of nitrogens with zero attached hydrogens (tertiary/aromatic N) is 1. The van der Waals surface area contributed by atoms with Crippen molar-refractivity contribution >= 4 is 59.6 Å². The van der Waals surface area contributed by atoms with E-state index in [4.69, 9.17) is 34.8 Å². The smallest absolute Gasteiger partial charge is 0.0655 e. The van der Waals surface area contributed by atoms with Crippen LogP contribution in [0.3, 0.4) is 0 Å². The molecule has 1 atom stereocenters. The molecule has 1 heterocycles. The van der Waals surface area contributed by atoms with Crippen LogP contribution in [0.25, 0.3) is 0 Å². The zero-order valence-electron chi connectivity index (χ0n) is 13.4. The van der Waals surface area contributed by atoms with Gasteiger partial charge >= 0.3 is 0 Å². The maximum atomic E-state index is 6.47. The lowest BCUT2D eigenvalue weighted by atomic mass is 9.95. The summed E-state index contributed by atoms with van der Waals surface area (Å²) in [7, 11) is 0. The Kier molecular flexibility index (Phi) is 11.5. The monoisotopic (exact) mass is 420 g/mol. The maximum Gasteiger partial charge on any atom is 0.0655 e. The van der Waals surface area contributed by atoms with Crippen LogP contribution in [0.1, 0.15) is 38.3 Å². The van der Waals surface area contributed by atoms with E-state index < -0.39 is 0 Å². The molecule has 1 saturated heterocycles. The van der Waals surface area contributed by atoms with E-state index in [2.05, 4.69) is 24.1 Å². The topological polar surface area (TPSA) is 15.3 Å². The van der Waals surface area contributed by atoms with E-state index in [9.17, 15) is 0 Å². The van der Waals surface area contributed by atoms with Gasteiger partial charge in [0.1, 0.15) is 0 Å². The first kappa shape index (κ1) is 23.6. The molecule has 7 heteroatoms. The van der Waals surface area contributed by atoms with Gasteiger partial charge in [-0.15, -0.1) is 24.8 Å². The Morgan fingerprint density at radius 3 is 2.13 bits per heavy atom. The van der Waals surface area contributed by atoms with E-state index in [1.165, 1.54) is 0 Å². The summed E-state index contributed by atoms with van der Waals surface area (Å²) in [6.07, 6.45) is 2.20. The molecule has 0 radical (unpaired) electrons. The molecule has 1 aromatic carbocycles. The summed E-state index contributed by atoms with van der Waals surface area (Å²) in [5.74, 6) is 0.659. The highest BCUT2D eigenvalue weighted by Gasteiger charge is 2.27. The van der Waals surface area contributed by atoms with Crippen LogP contribution in [-0.2, 0) is 0 Å². The molecule has 0 spiro atoms. The summed E-state index contributed by atoms with van der Waals surface area (Å²) in [5.41, 5.74) is 0.994. The SMILES string of the molecule is CC(C)CC[C@@H](c1c(Cl)ccc(Cl)c1Cl)N1CCNCC1.Cl.Cl. The number of piperazine rings is 1. The molecular weight excluding hydrogens is 397 g/mol. The molecule has 1 fully saturated rings. The number of benzene rings is 1. The predicted octanol–water partition coefficient (Wildman–Crippen LogP) is 5.87. The van der Waals surface area contributed by atoms with Gasteiger partial charge in [-0.3, -0.25) is 4.90 Å². The highest BCUT2D eigenvalue weighted by Crippen LogP contribution is 2.40.